The number of ether oxygens (including phenoxy) is 1. The average molecular weight is 280 g/mol. The van der Waals surface area contributed by atoms with Crippen LogP contribution in [0, 0.1) is 6.92 Å². The first-order chi connectivity index (χ1) is 9.11. The fourth-order valence-electron chi connectivity index (χ4n) is 1.67. The molecule has 0 aliphatic rings. The van der Waals surface area contributed by atoms with Gasteiger partial charge >= 0.3 is 5.97 Å². The van der Waals surface area contributed by atoms with Gasteiger partial charge in [0.1, 0.15) is 10.7 Å². The van der Waals surface area contributed by atoms with Crippen LogP contribution in [-0.2, 0) is 18.2 Å². The standard InChI is InChI=1S/C12H16N4O2S/c1-8-10(11(17)18-3)19-12(15-8)14-5-4-9-13-6-7-16(9)2/h6-7H,4-5H2,1-3H3,(H,14,15). The third-order valence-corrected chi connectivity index (χ3v) is 3.81. The number of methoxy groups -OCH3 is 1. The molecule has 19 heavy (non-hydrogen) atoms. The van der Waals surface area contributed by atoms with Gasteiger partial charge in [0.15, 0.2) is 5.13 Å². The maximum atomic E-state index is 11.5. The van der Waals surface area contributed by atoms with E-state index in [4.69, 9.17) is 4.74 Å². The van der Waals surface area contributed by atoms with Crippen molar-refractivity contribution < 1.29 is 9.53 Å². The molecule has 0 aromatic carbocycles. The molecule has 2 aromatic heterocycles. The van der Waals surface area contributed by atoms with Crippen molar-refractivity contribution >= 4 is 22.4 Å². The maximum absolute atomic E-state index is 11.5. The summed E-state index contributed by atoms with van der Waals surface area (Å²) < 4.78 is 6.68. The van der Waals surface area contributed by atoms with E-state index in [0.29, 0.717) is 10.6 Å². The van der Waals surface area contributed by atoms with E-state index in [1.54, 1.807) is 13.1 Å². The predicted octanol–water partition coefficient (Wildman–Crippen LogP) is 1.63. The number of hydrogen-bond acceptors (Lipinski definition) is 6. The molecule has 2 heterocycles. The molecule has 0 saturated heterocycles. The highest BCUT2D eigenvalue weighted by molar-refractivity contribution is 7.17. The van der Waals surface area contributed by atoms with Gasteiger partial charge in [-0.15, -0.1) is 0 Å². The Morgan fingerprint density at radius 1 is 1.58 bits per heavy atom. The SMILES string of the molecule is COC(=O)c1sc(NCCc2nccn2C)nc1C. The molecule has 0 fully saturated rings. The molecular formula is C12H16N4O2S. The highest BCUT2D eigenvalue weighted by Crippen LogP contribution is 2.23. The van der Waals surface area contributed by atoms with E-state index in [1.807, 2.05) is 17.8 Å². The summed E-state index contributed by atoms with van der Waals surface area (Å²) in [6.45, 7) is 2.52. The van der Waals surface area contributed by atoms with Crippen molar-refractivity contribution in [3.8, 4) is 0 Å². The lowest BCUT2D eigenvalue weighted by Crippen LogP contribution is -2.08. The lowest BCUT2D eigenvalue weighted by Gasteiger charge is -2.02. The van der Waals surface area contributed by atoms with Gasteiger partial charge in [0, 0.05) is 32.4 Å². The predicted molar refractivity (Wildman–Crippen MR) is 73.6 cm³/mol. The van der Waals surface area contributed by atoms with Crippen molar-refractivity contribution in [1.82, 2.24) is 14.5 Å². The van der Waals surface area contributed by atoms with Crippen LogP contribution in [0.5, 0.6) is 0 Å². The Labute approximate surface area is 115 Å². The van der Waals surface area contributed by atoms with Gasteiger partial charge in [-0.3, -0.25) is 0 Å². The Kier molecular flexibility index (Phi) is 4.16. The Bertz CT molecular complexity index is 576. The first kappa shape index (κ1) is 13.5. The number of carbonyl (C=O) groups is 1. The van der Waals surface area contributed by atoms with Crippen molar-refractivity contribution in [2.45, 2.75) is 13.3 Å². The number of thiazole rings is 1. The van der Waals surface area contributed by atoms with Gasteiger partial charge in [-0.1, -0.05) is 11.3 Å². The highest BCUT2D eigenvalue weighted by Gasteiger charge is 2.15. The average Bonchev–Trinajstić information content (AvgIpc) is 2.96. The molecule has 0 amide bonds. The van der Waals surface area contributed by atoms with Crippen LogP contribution in [0.4, 0.5) is 5.13 Å². The molecule has 0 aliphatic carbocycles. The minimum atomic E-state index is -0.341. The lowest BCUT2D eigenvalue weighted by atomic mass is 10.4. The molecule has 7 heteroatoms. The van der Waals surface area contributed by atoms with Gasteiger partial charge in [-0.05, 0) is 6.92 Å². The number of anilines is 1. The Balaban J connectivity index is 1.93. The molecule has 0 bridgehead atoms. The van der Waals surface area contributed by atoms with Gasteiger partial charge in [0.2, 0.25) is 0 Å². The molecule has 1 N–H and O–H groups in total. The zero-order chi connectivity index (χ0) is 13.8. The smallest absolute Gasteiger partial charge is 0.350 e. The molecule has 102 valence electrons. The Morgan fingerprint density at radius 2 is 2.37 bits per heavy atom. The van der Waals surface area contributed by atoms with Gasteiger partial charge in [0.25, 0.3) is 0 Å². The summed E-state index contributed by atoms with van der Waals surface area (Å²) in [5.74, 6) is 0.668. The van der Waals surface area contributed by atoms with Crippen LogP contribution in [0.3, 0.4) is 0 Å². The van der Waals surface area contributed by atoms with Crippen molar-refractivity contribution in [3.05, 3.63) is 28.8 Å². The number of aromatic nitrogens is 3. The zero-order valence-corrected chi connectivity index (χ0v) is 12.0. The van der Waals surface area contributed by atoms with E-state index in [1.165, 1.54) is 18.4 Å². The Morgan fingerprint density at radius 3 is 3.00 bits per heavy atom. The summed E-state index contributed by atoms with van der Waals surface area (Å²) in [6.07, 6.45) is 4.49. The fraction of sp³-hybridized carbons (Fsp3) is 0.417. The highest BCUT2D eigenvalue weighted by atomic mass is 32.1. The molecule has 0 atom stereocenters. The van der Waals surface area contributed by atoms with Gasteiger partial charge in [-0.25, -0.2) is 14.8 Å². The van der Waals surface area contributed by atoms with Crippen LogP contribution in [-0.4, -0.2) is 34.2 Å². The number of nitrogens with zero attached hydrogens (tertiary/aromatic N) is 3. The maximum Gasteiger partial charge on any atom is 0.350 e. The summed E-state index contributed by atoms with van der Waals surface area (Å²) in [7, 11) is 3.33. The van der Waals surface area contributed by atoms with Crippen molar-refractivity contribution in [2.24, 2.45) is 7.05 Å². The second-order valence-electron chi connectivity index (χ2n) is 4.06. The van der Waals surface area contributed by atoms with Crippen LogP contribution >= 0.6 is 11.3 Å². The summed E-state index contributed by atoms with van der Waals surface area (Å²) in [6, 6.07) is 0. The van der Waals surface area contributed by atoms with Gasteiger partial charge in [0.05, 0.1) is 12.8 Å². The van der Waals surface area contributed by atoms with E-state index in [2.05, 4.69) is 15.3 Å². The summed E-state index contributed by atoms with van der Waals surface area (Å²) in [5.41, 5.74) is 0.691. The summed E-state index contributed by atoms with van der Waals surface area (Å²) >= 11 is 1.31. The van der Waals surface area contributed by atoms with E-state index in [9.17, 15) is 4.79 Å². The topological polar surface area (TPSA) is 69.0 Å². The second-order valence-corrected chi connectivity index (χ2v) is 5.06. The third-order valence-electron chi connectivity index (χ3n) is 2.71. The van der Waals surface area contributed by atoms with E-state index in [-0.39, 0.29) is 5.97 Å². The van der Waals surface area contributed by atoms with E-state index in [0.717, 1.165) is 23.9 Å². The molecule has 0 saturated carbocycles. The van der Waals surface area contributed by atoms with Crippen LogP contribution in [0.1, 0.15) is 21.2 Å². The molecule has 0 aliphatic heterocycles. The van der Waals surface area contributed by atoms with Crippen molar-refractivity contribution in [2.75, 3.05) is 19.0 Å². The number of aryl methyl sites for hydroxylation is 2. The number of hydrogen-bond donors (Lipinski definition) is 1. The normalized spacial score (nSPS) is 10.5. The molecule has 0 radical (unpaired) electrons. The number of carbonyl (C=O) groups excluding carboxylic acids is 1. The Hall–Kier alpha value is -1.89. The monoisotopic (exact) mass is 280 g/mol. The van der Waals surface area contributed by atoms with Crippen molar-refractivity contribution in [3.63, 3.8) is 0 Å². The number of imidazole rings is 1. The summed E-state index contributed by atoms with van der Waals surface area (Å²) in [5, 5.41) is 3.93. The van der Waals surface area contributed by atoms with Gasteiger partial charge < -0.3 is 14.6 Å². The van der Waals surface area contributed by atoms with E-state index >= 15 is 0 Å². The first-order valence-corrected chi connectivity index (χ1v) is 6.69. The zero-order valence-electron chi connectivity index (χ0n) is 11.1. The first-order valence-electron chi connectivity index (χ1n) is 5.87. The van der Waals surface area contributed by atoms with Crippen LogP contribution in [0.2, 0.25) is 0 Å². The third kappa shape index (κ3) is 3.11. The van der Waals surface area contributed by atoms with Crippen molar-refractivity contribution in [1.29, 1.82) is 0 Å². The minimum Gasteiger partial charge on any atom is -0.465 e. The van der Waals surface area contributed by atoms with Crippen LogP contribution in [0.25, 0.3) is 0 Å². The molecular weight excluding hydrogens is 264 g/mol. The summed E-state index contributed by atoms with van der Waals surface area (Å²) in [4.78, 5) is 20.5. The van der Waals surface area contributed by atoms with Crippen LogP contribution < -0.4 is 5.32 Å². The second kappa shape index (κ2) is 5.83. The van der Waals surface area contributed by atoms with Crippen LogP contribution in [0.15, 0.2) is 12.4 Å². The fourth-order valence-corrected chi connectivity index (χ4v) is 2.58. The minimum absolute atomic E-state index is 0.341. The largest absolute Gasteiger partial charge is 0.465 e. The number of rotatable bonds is 5. The van der Waals surface area contributed by atoms with Gasteiger partial charge in [-0.2, -0.15) is 0 Å². The number of nitrogens with one attached hydrogen (secondary N) is 1. The molecule has 6 nitrogen and oxygen atoms in total. The molecule has 2 rings (SSSR count). The lowest BCUT2D eigenvalue weighted by molar-refractivity contribution is 0.0605. The molecule has 2 aromatic rings. The molecule has 0 unspecified atom stereocenters. The quantitative estimate of drug-likeness (QED) is 0.843. The number of esters is 1. The molecule has 0 spiro atoms. The van der Waals surface area contributed by atoms with E-state index < -0.39 is 0 Å².